The third kappa shape index (κ3) is 1.11. The molecule has 0 bridgehead atoms. The fraction of sp³-hybridized carbons (Fsp3) is 0.750. The van der Waals surface area contributed by atoms with E-state index in [1.807, 2.05) is 5.01 Å². The zero-order chi connectivity index (χ0) is 8.84. The Morgan fingerprint density at radius 3 is 3.08 bits per heavy atom. The van der Waals surface area contributed by atoms with Gasteiger partial charge in [0.25, 0.3) is 5.91 Å². The summed E-state index contributed by atoms with van der Waals surface area (Å²) in [6, 6.07) is 0.448. The lowest BCUT2D eigenvalue weighted by atomic mass is 10.1. The Morgan fingerprint density at radius 1 is 1.54 bits per heavy atom. The molecule has 5 nitrogen and oxygen atoms in total. The van der Waals surface area contributed by atoms with Crippen molar-refractivity contribution in [3.8, 4) is 0 Å². The number of nitrogens with zero attached hydrogens (tertiary/aromatic N) is 2. The van der Waals surface area contributed by atoms with Crippen LogP contribution in [0.1, 0.15) is 19.3 Å². The molecule has 13 heavy (non-hydrogen) atoms. The molecule has 5 heteroatoms. The first-order valence-electron chi connectivity index (χ1n) is 4.72. The van der Waals surface area contributed by atoms with Crippen molar-refractivity contribution in [2.24, 2.45) is 11.0 Å². The molecule has 2 unspecified atom stereocenters. The maximum atomic E-state index is 11.4. The van der Waals surface area contributed by atoms with Crippen molar-refractivity contribution in [1.29, 1.82) is 0 Å². The number of carbonyl (C=O) groups is 1. The molecule has 1 aliphatic carbocycles. The quantitative estimate of drug-likeness (QED) is 0.567. The number of hydrazine groups is 1. The number of amides is 1. The molecule has 2 fully saturated rings. The van der Waals surface area contributed by atoms with Crippen LogP contribution in [-0.4, -0.2) is 29.3 Å². The van der Waals surface area contributed by atoms with Gasteiger partial charge in [0.15, 0.2) is 0 Å². The summed E-state index contributed by atoms with van der Waals surface area (Å²) >= 11 is 0. The van der Waals surface area contributed by atoms with Crippen molar-refractivity contribution in [2.45, 2.75) is 31.3 Å². The summed E-state index contributed by atoms with van der Waals surface area (Å²) in [7, 11) is 0. The van der Waals surface area contributed by atoms with Crippen molar-refractivity contribution in [3.05, 3.63) is 0 Å². The normalized spacial score (nSPS) is 37.5. The minimum absolute atomic E-state index is 0.0122. The Bertz CT molecular complexity index is 273. The van der Waals surface area contributed by atoms with Gasteiger partial charge in [0.05, 0.1) is 0 Å². The summed E-state index contributed by atoms with van der Waals surface area (Å²) in [5.74, 6) is 0.796. The van der Waals surface area contributed by atoms with Gasteiger partial charge in [-0.1, -0.05) is 0 Å². The van der Waals surface area contributed by atoms with Gasteiger partial charge in [0.2, 0.25) is 0 Å². The molecule has 2 heterocycles. The van der Waals surface area contributed by atoms with Crippen LogP contribution in [0.3, 0.4) is 0 Å². The molecule has 0 aromatic rings. The van der Waals surface area contributed by atoms with E-state index in [0.717, 1.165) is 12.3 Å². The molecule has 3 aliphatic rings. The van der Waals surface area contributed by atoms with Crippen LogP contribution in [0.2, 0.25) is 0 Å². The molecule has 70 valence electrons. The summed E-state index contributed by atoms with van der Waals surface area (Å²) in [4.78, 5) is 11.4. The molecule has 2 atom stereocenters. The highest BCUT2D eigenvalue weighted by Gasteiger charge is 2.43. The highest BCUT2D eigenvalue weighted by atomic mass is 16.2. The predicted molar refractivity (Wildman–Crippen MR) is 46.5 cm³/mol. The molecule has 0 radical (unpaired) electrons. The van der Waals surface area contributed by atoms with Crippen LogP contribution in [0.4, 0.5) is 0 Å². The standard InChI is InChI=1S/C8H12N4O/c13-8-7-3-6(5-1-2-5)11-12(7)4-9-10-8/h4-7,11H,1-3H2,(H,10,13). The van der Waals surface area contributed by atoms with Crippen LogP contribution in [-0.2, 0) is 4.79 Å². The average molecular weight is 180 g/mol. The Kier molecular flexibility index (Phi) is 1.38. The zero-order valence-electron chi connectivity index (χ0n) is 7.23. The molecule has 2 N–H and O–H groups in total. The van der Waals surface area contributed by atoms with Crippen molar-refractivity contribution >= 4 is 12.2 Å². The topological polar surface area (TPSA) is 56.7 Å². The molecule has 0 aromatic carbocycles. The molecule has 0 aromatic heterocycles. The van der Waals surface area contributed by atoms with E-state index in [1.165, 1.54) is 12.8 Å². The van der Waals surface area contributed by atoms with Crippen LogP contribution in [0, 0.1) is 5.92 Å². The largest absolute Gasteiger partial charge is 0.284 e. The molecule has 1 saturated heterocycles. The average Bonchev–Trinajstić information content (AvgIpc) is 2.87. The lowest BCUT2D eigenvalue weighted by Crippen LogP contribution is -2.49. The maximum absolute atomic E-state index is 11.4. The van der Waals surface area contributed by atoms with Gasteiger partial charge in [-0.25, -0.2) is 10.9 Å². The molecule has 3 rings (SSSR count). The number of carbonyl (C=O) groups excluding carboxylic acids is 1. The SMILES string of the molecule is O=C1NN=CN2NC(C3CC3)CC12. The summed E-state index contributed by atoms with van der Waals surface area (Å²) in [6.45, 7) is 0. The van der Waals surface area contributed by atoms with Crippen LogP contribution >= 0.6 is 0 Å². The first-order chi connectivity index (χ1) is 6.34. The van der Waals surface area contributed by atoms with Gasteiger partial charge in [-0.2, -0.15) is 5.10 Å². The lowest BCUT2D eigenvalue weighted by molar-refractivity contribution is -0.125. The lowest BCUT2D eigenvalue weighted by Gasteiger charge is -2.23. The van der Waals surface area contributed by atoms with Crippen molar-refractivity contribution in [2.75, 3.05) is 0 Å². The number of fused-ring (bicyclic) bond motifs is 1. The number of hydrogen-bond donors (Lipinski definition) is 2. The Morgan fingerprint density at radius 2 is 2.38 bits per heavy atom. The second kappa shape index (κ2) is 2.45. The third-order valence-electron chi connectivity index (χ3n) is 2.98. The van der Waals surface area contributed by atoms with E-state index in [1.54, 1.807) is 6.34 Å². The highest BCUT2D eigenvalue weighted by Crippen LogP contribution is 2.37. The zero-order valence-corrected chi connectivity index (χ0v) is 7.23. The monoisotopic (exact) mass is 180 g/mol. The summed E-state index contributed by atoms with van der Waals surface area (Å²) in [5.41, 5.74) is 5.79. The van der Waals surface area contributed by atoms with E-state index in [9.17, 15) is 4.79 Å². The highest BCUT2D eigenvalue weighted by molar-refractivity contribution is 5.86. The van der Waals surface area contributed by atoms with E-state index in [-0.39, 0.29) is 11.9 Å². The molecule has 2 aliphatic heterocycles. The van der Waals surface area contributed by atoms with Gasteiger partial charge in [-0.05, 0) is 25.2 Å². The van der Waals surface area contributed by atoms with Gasteiger partial charge in [0.1, 0.15) is 12.4 Å². The van der Waals surface area contributed by atoms with Gasteiger partial charge in [0, 0.05) is 6.04 Å². The van der Waals surface area contributed by atoms with E-state index < -0.39 is 0 Å². The van der Waals surface area contributed by atoms with E-state index in [2.05, 4.69) is 16.0 Å². The third-order valence-corrected chi connectivity index (χ3v) is 2.98. The van der Waals surface area contributed by atoms with E-state index >= 15 is 0 Å². The van der Waals surface area contributed by atoms with Crippen molar-refractivity contribution in [1.82, 2.24) is 15.9 Å². The van der Waals surface area contributed by atoms with E-state index in [4.69, 9.17) is 0 Å². The van der Waals surface area contributed by atoms with Crippen LogP contribution in [0.15, 0.2) is 5.10 Å². The maximum Gasteiger partial charge on any atom is 0.264 e. The first kappa shape index (κ1) is 7.32. The van der Waals surface area contributed by atoms with E-state index in [0.29, 0.717) is 6.04 Å². The molecular weight excluding hydrogens is 168 g/mol. The van der Waals surface area contributed by atoms with Crippen molar-refractivity contribution in [3.63, 3.8) is 0 Å². The molecule has 1 saturated carbocycles. The van der Waals surface area contributed by atoms with Gasteiger partial charge in [-0.15, -0.1) is 0 Å². The van der Waals surface area contributed by atoms with Crippen molar-refractivity contribution < 1.29 is 4.79 Å². The fourth-order valence-corrected chi connectivity index (χ4v) is 2.06. The van der Waals surface area contributed by atoms with Crippen LogP contribution in [0.5, 0.6) is 0 Å². The smallest absolute Gasteiger partial charge is 0.264 e. The molecule has 0 spiro atoms. The summed E-state index contributed by atoms with van der Waals surface area (Å²) in [6.07, 6.45) is 5.19. The molecule has 1 amide bonds. The van der Waals surface area contributed by atoms with Gasteiger partial charge >= 0.3 is 0 Å². The number of hydrogen-bond acceptors (Lipinski definition) is 4. The Labute approximate surface area is 76.1 Å². The number of rotatable bonds is 1. The minimum Gasteiger partial charge on any atom is -0.284 e. The van der Waals surface area contributed by atoms with Crippen LogP contribution < -0.4 is 10.9 Å². The fourth-order valence-electron chi connectivity index (χ4n) is 2.06. The number of nitrogens with one attached hydrogen (secondary N) is 2. The van der Waals surface area contributed by atoms with Gasteiger partial charge in [-0.3, -0.25) is 9.80 Å². The van der Waals surface area contributed by atoms with Crippen LogP contribution in [0.25, 0.3) is 0 Å². The number of hydrazone groups is 1. The summed E-state index contributed by atoms with van der Waals surface area (Å²) < 4.78 is 0. The summed E-state index contributed by atoms with van der Waals surface area (Å²) in [5, 5.41) is 5.59. The first-order valence-corrected chi connectivity index (χ1v) is 4.72. The Balaban J connectivity index is 1.77. The van der Waals surface area contributed by atoms with Gasteiger partial charge < -0.3 is 0 Å². The Hall–Kier alpha value is -1.10. The minimum atomic E-state index is -0.0388. The second-order valence-corrected chi connectivity index (χ2v) is 3.95. The molecular formula is C8H12N4O. The second-order valence-electron chi connectivity index (χ2n) is 3.95. The predicted octanol–water partition coefficient (Wildman–Crippen LogP) is -0.583.